The van der Waals surface area contributed by atoms with E-state index in [1.165, 1.54) is 0 Å². The average Bonchev–Trinajstić information content (AvgIpc) is 2.26. The van der Waals surface area contributed by atoms with Crippen LogP contribution in [0, 0.1) is 5.92 Å². The summed E-state index contributed by atoms with van der Waals surface area (Å²) in [5, 5.41) is 9.13. The van der Waals surface area contributed by atoms with E-state index in [1.807, 2.05) is 24.3 Å². The largest absolute Gasteiger partial charge is 0.543 e. The van der Waals surface area contributed by atoms with E-state index >= 15 is 0 Å². The lowest BCUT2D eigenvalue weighted by atomic mass is 10.0. The first-order valence-corrected chi connectivity index (χ1v) is 9.94. The quantitative estimate of drug-likeness (QED) is 0.822. The van der Waals surface area contributed by atoms with E-state index in [2.05, 4.69) is 33.9 Å². The van der Waals surface area contributed by atoms with Crippen molar-refractivity contribution in [1.29, 1.82) is 0 Å². The molecule has 0 saturated carbocycles. The third kappa shape index (κ3) is 4.37. The van der Waals surface area contributed by atoms with Gasteiger partial charge >= 0.3 is 5.97 Å². The highest BCUT2D eigenvalue weighted by Crippen LogP contribution is 2.37. The summed E-state index contributed by atoms with van der Waals surface area (Å²) in [5.41, 5.74) is 1.01. The molecule has 3 nitrogen and oxygen atoms in total. The molecule has 0 aliphatic heterocycles. The summed E-state index contributed by atoms with van der Waals surface area (Å²) in [6.07, 6.45) is 0.532. The second-order valence-corrected chi connectivity index (χ2v) is 11.7. The highest BCUT2D eigenvalue weighted by Gasteiger charge is 2.38. The maximum absolute atomic E-state index is 10.9. The molecule has 0 aromatic heterocycles. The Morgan fingerprint density at radius 1 is 1.35 bits per heavy atom. The van der Waals surface area contributed by atoms with E-state index in [-0.39, 0.29) is 11.0 Å². The predicted molar refractivity (Wildman–Crippen MR) is 84.8 cm³/mol. The third-order valence-corrected chi connectivity index (χ3v) is 8.40. The normalized spacial score (nSPS) is 13.9. The van der Waals surface area contributed by atoms with Crippen molar-refractivity contribution in [1.82, 2.24) is 0 Å². The Kier molecular flexibility index (Phi) is 5.03. The molecule has 1 rings (SSSR count). The van der Waals surface area contributed by atoms with Crippen LogP contribution in [0.2, 0.25) is 18.1 Å². The number of benzene rings is 1. The van der Waals surface area contributed by atoms with E-state index in [1.54, 1.807) is 6.92 Å². The molecule has 1 N–H and O–H groups in total. The molecule has 0 radical (unpaired) electrons. The molecule has 1 aromatic carbocycles. The van der Waals surface area contributed by atoms with Crippen molar-refractivity contribution in [3.63, 3.8) is 0 Å². The fourth-order valence-electron chi connectivity index (χ4n) is 1.62. The van der Waals surface area contributed by atoms with Gasteiger partial charge in [0.05, 0.1) is 5.92 Å². The maximum atomic E-state index is 10.9. The van der Waals surface area contributed by atoms with Crippen LogP contribution in [-0.2, 0) is 11.2 Å². The first-order valence-electron chi connectivity index (χ1n) is 7.04. The van der Waals surface area contributed by atoms with E-state index in [0.717, 1.165) is 11.3 Å². The first kappa shape index (κ1) is 16.8. The van der Waals surface area contributed by atoms with Gasteiger partial charge in [0.1, 0.15) is 5.75 Å². The molecule has 0 aliphatic rings. The van der Waals surface area contributed by atoms with E-state index in [9.17, 15) is 4.79 Å². The van der Waals surface area contributed by atoms with Crippen molar-refractivity contribution in [3.05, 3.63) is 29.8 Å². The molecule has 0 aliphatic carbocycles. The molecular weight excluding hydrogens is 268 g/mol. The Hall–Kier alpha value is -1.29. The molecule has 112 valence electrons. The van der Waals surface area contributed by atoms with Crippen LogP contribution in [0.5, 0.6) is 5.75 Å². The Morgan fingerprint density at radius 2 is 1.95 bits per heavy atom. The van der Waals surface area contributed by atoms with Crippen molar-refractivity contribution in [2.24, 2.45) is 5.92 Å². The number of carboxylic acid groups (broad SMARTS) is 1. The monoisotopic (exact) mass is 294 g/mol. The predicted octanol–water partition coefficient (Wildman–Crippen LogP) is 4.33. The van der Waals surface area contributed by atoms with Crippen LogP contribution in [0.1, 0.15) is 33.3 Å². The average molecular weight is 294 g/mol. The summed E-state index contributed by atoms with van der Waals surface area (Å²) >= 11 is 0. The maximum Gasteiger partial charge on any atom is 0.306 e. The standard InChI is InChI=1S/C16H26O3Si/c1-12(15(17)18)10-13-8-7-9-14(11-13)19-20(5,6)16(2,3)4/h7-9,11-12H,10H2,1-6H3,(H,17,18)/t12-/m0/s1. The smallest absolute Gasteiger partial charge is 0.306 e. The van der Waals surface area contributed by atoms with Gasteiger partial charge in [-0.25, -0.2) is 0 Å². The number of carboxylic acids is 1. The van der Waals surface area contributed by atoms with Crippen molar-refractivity contribution in [3.8, 4) is 5.75 Å². The fraction of sp³-hybridized carbons (Fsp3) is 0.562. The Bertz CT molecular complexity index is 475. The highest BCUT2D eigenvalue weighted by atomic mass is 28.4. The highest BCUT2D eigenvalue weighted by molar-refractivity contribution is 6.74. The second kappa shape index (κ2) is 6.00. The molecule has 0 heterocycles. The first-order chi connectivity index (χ1) is 9.03. The summed E-state index contributed by atoms with van der Waals surface area (Å²) in [6, 6.07) is 7.82. The Labute approximate surface area is 123 Å². The van der Waals surface area contributed by atoms with Crippen molar-refractivity contribution in [2.75, 3.05) is 0 Å². The van der Waals surface area contributed by atoms with E-state index in [4.69, 9.17) is 9.53 Å². The SMILES string of the molecule is C[C@@H](Cc1cccc(O[Si](C)(C)C(C)(C)C)c1)C(=O)O. The van der Waals surface area contributed by atoms with Crippen LogP contribution in [-0.4, -0.2) is 19.4 Å². The Balaban J connectivity index is 2.86. The lowest BCUT2D eigenvalue weighted by Crippen LogP contribution is -2.43. The zero-order valence-corrected chi connectivity index (χ0v) is 14.4. The number of hydrogen-bond donors (Lipinski definition) is 1. The molecule has 20 heavy (non-hydrogen) atoms. The fourth-order valence-corrected chi connectivity index (χ4v) is 2.65. The van der Waals surface area contributed by atoms with Gasteiger partial charge in [-0.05, 0) is 42.2 Å². The van der Waals surface area contributed by atoms with Gasteiger partial charge in [0.15, 0.2) is 0 Å². The van der Waals surface area contributed by atoms with Crippen LogP contribution < -0.4 is 4.43 Å². The van der Waals surface area contributed by atoms with Crippen LogP contribution in [0.4, 0.5) is 0 Å². The lowest BCUT2D eigenvalue weighted by Gasteiger charge is -2.36. The van der Waals surface area contributed by atoms with Crippen molar-refractivity contribution < 1.29 is 14.3 Å². The molecular formula is C16H26O3Si. The molecule has 4 heteroatoms. The summed E-state index contributed by atoms with van der Waals surface area (Å²) in [6.45, 7) is 12.8. The number of rotatable bonds is 5. The van der Waals surface area contributed by atoms with Gasteiger partial charge in [-0.15, -0.1) is 0 Å². The number of carbonyl (C=O) groups is 1. The zero-order chi connectivity index (χ0) is 15.6. The van der Waals surface area contributed by atoms with Crippen LogP contribution >= 0.6 is 0 Å². The molecule has 0 fully saturated rings. The van der Waals surface area contributed by atoms with Crippen LogP contribution in [0.15, 0.2) is 24.3 Å². The van der Waals surface area contributed by atoms with Gasteiger partial charge in [0, 0.05) is 0 Å². The summed E-state index contributed by atoms with van der Waals surface area (Å²) in [5.74, 6) is -0.287. The molecule has 0 bridgehead atoms. The van der Waals surface area contributed by atoms with Gasteiger partial charge < -0.3 is 9.53 Å². The molecule has 0 spiro atoms. The minimum atomic E-state index is -1.85. The summed E-state index contributed by atoms with van der Waals surface area (Å²) in [4.78, 5) is 10.9. The third-order valence-electron chi connectivity index (χ3n) is 4.04. The molecule has 0 unspecified atom stereocenters. The number of aliphatic carboxylic acids is 1. The Morgan fingerprint density at radius 3 is 2.45 bits per heavy atom. The van der Waals surface area contributed by atoms with Crippen LogP contribution in [0.25, 0.3) is 0 Å². The molecule has 0 saturated heterocycles. The van der Waals surface area contributed by atoms with Gasteiger partial charge in [-0.2, -0.15) is 0 Å². The van der Waals surface area contributed by atoms with Crippen molar-refractivity contribution in [2.45, 2.75) is 52.2 Å². The summed E-state index contributed by atoms with van der Waals surface area (Å²) < 4.78 is 6.24. The van der Waals surface area contributed by atoms with Gasteiger partial charge in [-0.3, -0.25) is 4.79 Å². The molecule has 1 aromatic rings. The zero-order valence-electron chi connectivity index (χ0n) is 13.4. The van der Waals surface area contributed by atoms with Gasteiger partial charge in [-0.1, -0.05) is 39.8 Å². The van der Waals surface area contributed by atoms with Gasteiger partial charge in [0.25, 0.3) is 0 Å². The minimum Gasteiger partial charge on any atom is -0.543 e. The van der Waals surface area contributed by atoms with Gasteiger partial charge in [0.2, 0.25) is 8.32 Å². The lowest BCUT2D eigenvalue weighted by molar-refractivity contribution is -0.141. The van der Waals surface area contributed by atoms with E-state index in [0.29, 0.717) is 6.42 Å². The second-order valence-electron chi connectivity index (χ2n) is 6.95. The molecule has 1 atom stereocenters. The van der Waals surface area contributed by atoms with Crippen LogP contribution in [0.3, 0.4) is 0 Å². The number of hydrogen-bond acceptors (Lipinski definition) is 2. The molecule has 0 amide bonds. The van der Waals surface area contributed by atoms with Crippen molar-refractivity contribution >= 4 is 14.3 Å². The van der Waals surface area contributed by atoms with E-state index < -0.39 is 14.3 Å². The minimum absolute atomic E-state index is 0.150. The topological polar surface area (TPSA) is 46.5 Å². The summed E-state index contributed by atoms with van der Waals surface area (Å²) in [7, 11) is -1.85.